The van der Waals surface area contributed by atoms with E-state index in [-0.39, 0.29) is 18.3 Å². The molecule has 5 aliphatic rings. The predicted octanol–water partition coefficient (Wildman–Crippen LogP) is 8.26. The minimum atomic E-state index is -0.343. The SMILES string of the molecule is CCO.Cc1c2cccccc-2c(C)c1/C=C1/C(=O)Nc2ccc(F)cc21.Cc1c2cccccc-2c(C)c1C=O. The van der Waals surface area contributed by atoms with Crippen LogP contribution in [-0.4, -0.2) is 23.9 Å². The quantitative estimate of drug-likeness (QED) is 0.173. The van der Waals surface area contributed by atoms with Crippen molar-refractivity contribution in [3.05, 3.63) is 124 Å². The fourth-order valence-electron chi connectivity index (χ4n) is 5.39. The van der Waals surface area contributed by atoms with E-state index in [1.807, 2.05) is 56.3 Å². The van der Waals surface area contributed by atoms with Crippen molar-refractivity contribution in [3.63, 3.8) is 0 Å². The van der Waals surface area contributed by atoms with Crippen LogP contribution in [0, 0.1) is 33.5 Å². The number of aliphatic hydroxyl groups is 1. The maximum Gasteiger partial charge on any atom is 0.256 e. The number of amides is 1. The van der Waals surface area contributed by atoms with Crippen LogP contribution in [0.1, 0.15) is 50.7 Å². The Hall–Kier alpha value is -4.61. The number of rotatable bonds is 2. The van der Waals surface area contributed by atoms with Crippen LogP contribution in [0.15, 0.2) is 78.9 Å². The molecule has 1 heterocycles. The molecule has 6 rings (SSSR count). The zero-order valence-corrected chi connectivity index (χ0v) is 24.0. The highest BCUT2D eigenvalue weighted by Gasteiger charge is 2.26. The van der Waals surface area contributed by atoms with Crippen molar-refractivity contribution in [2.24, 2.45) is 0 Å². The smallest absolute Gasteiger partial charge is 0.256 e. The number of halogens is 1. The van der Waals surface area contributed by atoms with Crippen molar-refractivity contribution in [1.82, 2.24) is 0 Å². The van der Waals surface area contributed by atoms with Gasteiger partial charge in [0.15, 0.2) is 6.29 Å². The molecule has 1 aromatic carbocycles. The molecule has 0 fully saturated rings. The number of anilines is 1. The van der Waals surface area contributed by atoms with Crippen molar-refractivity contribution in [2.45, 2.75) is 34.6 Å². The molecule has 0 saturated carbocycles. The Labute approximate surface area is 240 Å². The average Bonchev–Trinajstić information content (AvgIpc) is 3.26. The fraction of sp³-hybridized carbons (Fsp3) is 0.167. The molecule has 4 nitrogen and oxygen atoms in total. The van der Waals surface area contributed by atoms with Gasteiger partial charge in [0.25, 0.3) is 5.91 Å². The van der Waals surface area contributed by atoms with Crippen LogP contribution < -0.4 is 5.32 Å². The number of fused-ring (bicyclic) bond motifs is 3. The highest BCUT2D eigenvalue weighted by atomic mass is 19.1. The van der Waals surface area contributed by atoms with E-state index in [0.29, 0.717) is 16.8 Å². The lowest BCUT2D eigenvalue weighted by Gasteiger charge is -2.00. The third-order valence-corrected chi connectivity index (χ3v) is 7.48. The average molecular weight is 548 g/mol. The molecule has 4 aliphatic carbocycles. The Morgan fingerprint density at radius 1 is 0.707 bits per heavy atom. The van der Waals surface area contributed by atoms with Gasteiger partial charge in [-0.2, -0.15) is 0 Å². The number of aldehydes is 1. The number of carbonyl (C=O) groups is 2. The fourth-order valence-corrected chi connectivity index (χ4v) is 5.39. The lowest BCUT2D eigenvalue weighted by atomic mass is 10.0. The molecule has 0 saturated heterocycles. The minimum absolute atomic E-state index is 0.190. The summed E-state index contributed by atoms with van der Waals surface area (Å²) in [6, 6.07) is 24.7. The Morgan fingerprint density at radius 3 is 1.59 bits per heavy atom. The van der Waals surface area contributed by atoms with E-state index in [2.05, 4.69) is 43.4 Å². The molecular formula is C36H34FNO3. The largest absolute Gasteiger partial charge is 0.397 e. The number of nitrogens with one attached hydrogen (secondary N) is 1. The standard InChI is InChI=1S/C21H16FNO.C13H12O.C2H6O/c1-12-15-6-4-3-5-7-16(15)13(2)17(12)11-19-18-10-14(22)8-9-20(18)23-21(19)24;1-9-11-6-4-3-5-7-12(11)10(2)13(9)8-14;1-2-3/h3-11H,1-2H3,(H,23,24);3-8H,1-2H3;3H,2H2,1H3/b19-11+;;. The topological polar surface area (TPSA) is 66.4 Å². The Bertz CT molecular complexity index is 1630. The summed E-state index contributed by atoms with van der Waals surface area (Å²) < 4.78 is 13.6. The van der Waals surface area contributed by atoms with E-state index in [4.69, 9.17) is 5.11 Å². The number of carbonyl (C=O) groups excluding carboxylic acids is 2. The van der Waals surface area contributed by atoms with Gasteiger partial charge < -0.3 is 10.4 Å². The van der Waals surface area contributed by atoms with Crippen molar-refractivity contribution in [3.8, 4) is 22.3 Å². The zero-order valence-electron chi connectivity index (χ0n) is 24.0. The lowest BCUT2D eigenvalue weighted by molar-refractivity contribution is -0.110. The van der Waals surface area contributed by atoms with Gasteiger partial charge in [0.05, 0.1) is 0 Å². The second-order valence-corrected chi connectivity index (χ2v) is 9.94. The summed E-state index contributed by atoms with van der Waals surface area (Å²) in [5.41, 5.74) is 12.8. The normalized spacial score (nSPS) is 12.8. The van der Waals surface area contributed by atoms with E-state index < -0.39 is 0 Å². The molecule has 1 aromatic rings. The molecule has 1 amide bonds. The summed E-state index contributed by atoms with van der Waals surface area (Å²) in [4.78, 5) is 23.2. The molecule has 208 valence electrons. The summed E-state index contributed by atoms with van der Waals surface area (Å²) in [7, 11) is 0. The maximum absolute atomic E-state index is 13.6. The molecule has 0 radical (unpaired) electrons. The van der Waals surface area contributed by atoms with Crippen molar-refractivity contribution in [2.75, 3.05) is 11.9 Å². The molecule has 0 aromatic heterocycles. The van der Waals surface area contributed by atoms with Crippen LogP contribution in [0.5, 0.6) is 0 Å². The summed E-state index contributed by atoms with van der Waals surface area (Å²) in [6.07, 6.45) is 2.83. The Morgan fingerprint density at radius 2 is 1.15 bits per heavy atom. The second kappa shape index (κ2) is 12.7. The molecule has 5 heteroatoms. The summed E-state index contributed by atoms with van der Waals surface area (Å²) in [5.74, 6) is -0.533. The van der Waals surface area contributed by atoms with Gasteiger partial charge in [-0.25, -0.2) is 4.39 Å². The van der Waals surface area contributed by atoms with Gasteiger partial charge in [0.2, 0.25) is 0 Å². The van der Waals surface area contributed by atoms with Gasteiger partial charge in [0, 0.05) is 29.0 Å². The Kier molecular flexibility index (Phi) is 9.10. The summed E-state index contributed by atoms with van der Waals surface area (Å²) >= 11 is 0. The number of aliphatic hydroxyl groups excluding tert-OH is 1. The van der Waals surface area contributed by atoms with Crippen LogP contribution >= 0.6 is 0 Å². The molecule has 41 heavy (non-hydrogen) atoms. The maximum atomic E-state index is 13.6. The van der Waals surface area contributed by atoms with E-state index >= 15 is 0 Å². The van der Waals surface area contributed by atoms with Crippen LogP contribution in [0.3, 0.4) is 0 Å². The number of hydrogen-bond acceptors (Lipinski definition) is 3. The highest BCUT2D eigenvalue weighted by molar-refractivity contribution is 6.35. The minimum Gasteiger partial charge on any atom is -0.397 e. The number of benzene rings is 1. The van der Waals surface area contributed by atoms with Gasteiger partial charge >= 0.3 is 0 Å². The van der Waals surface area contributed by atoms with Crippen LogP contribution in [0.2, 0.25) is 0 Å². The monoisotopic (exact) mass is 547 g/mol. The van der Waals surface area contributed by atoms with Gasteiger partial charge in [0.1, 0.15) is 5.82 Å². The third-order valence-electron chi connectivity index (χ3n) is 7.48. The summed E-state index contributed by atoms with van der Waals surface area (Å²) in [5, 5.41) is 10.4. The van der Waals surface area contributed by atoms with Crippen molar-refractivity contribution >= 4 is 29.5 Å². The van der Waals surface area contributed by atoms with Crippen LogP contribution in [0.4, 0.5) is 10.1 Å². The highest BCUT2D eigenvalue weighted by Crippen LogP contribution is 2.40. The molecule has 0 atom stereocenters. The second-order valence-electron chi connectivity index (χ2n) is 9.94. The van der Waals surface area contributed by atoms with Gasteiger partial charge in [-0.05, 0) is 109 Å². The van der Waals surface area contributed by atoms with Crippen molar-refractivity contribution < 1.29 is 19.1 Å². The zero-order chi connectivity index (χ0) is 29.7. The van der Waals surface area contributed by atoms with E-state index in [0.717, 1.165) is 39.7 Å². The Balaban J connectivity index is 0.000000193. The van der Waals surface area contributed by atoms with Crippen LogP contribution in [0.25, 0.3) is 33.9 Å². The molecule has 1 aliphatic heterocycles. The first kappa shape index (κ1) is 29.4. The lowest BCUT2D eigenvalue weighted by Crippen LogP contribution is -2.03. The number of hydrogen-bond donors (Lipinski definition) is 2. The van der Waals surface area contributed by atoms with Gasteiger partial charge in [-0.1, -0.05) is 60.7 Å². The van der Waals surface area contributed by atoms with E-state index in [1.54, 1.807) is 13.0 Å². The first-order valence-electron chi connectivity index (χ1n) is 13.6. The summed E-state index contributed by atoms with van der Waals surface area (Å²) in [6.45, 7) is 10.0. The molecule has 0 bridgehead atoms. The first-order valence-corrected chi connectivity index (χ1v) is 13.6. The molecule has 0 spiro atoms. The molecule has 0 unspecified atom stereocenters. The van der Waals surface area contributed by atoms with Crippen molar-refractivity contribution in [1.29, 1.82) is 0 Å². The first-order chi connectivity index (χ1) is 19.7. The predicted molar refractivity (Wildman–Crippen MR) is 166 cm³/mol. The molecule has 2 N–H and O–H groups in total. The third kappa shape index (κ3) is 5.81. The van der Waals surface area contributed by atoms with Gasteiger partial charge in [-0.3, -0.25) is 9.59 Å². The van der Waals surface area contributed by atoms with E-state index in [9.17, 15) is 14.0 Å². The molecular weight excluding hydrogens is 513 g/mol. The van der Waals surface area contributed by atoms with E-state index in [1.165, 1.54) is 34.4 Å². The van der Waals surface area contributed by atoms with Gasteiger partial charge in [-0.15, -0.1) is 0 Å². The van der Waals surface area contributed by atoms with Crippen LogP contribution in [-0.2, 0) is 4.79 Å².